The molecule has 0 bridgehead atoms. The molecule has 2 aliphatic heterocycles. The van der Waals surface area contributed by atoms with Crippen molar-refractivity contribution in [2.45, 2.75) is 44.7 Å². The van der Waals surface area contributed by atoms with Gasteiger partial charge >= 0.3 is 5.69 Å². The molecule has 5 heterocycles. The minimum atomic E-state index is -1.31. The highest BCUT2D eigenvalue weighted by Crippen LogP contribution is 2.34. The van der Waals surface area contributed by atoms with Gasteiger partial charge in [0.2, 0.25) is 0 Å². The van der Waals surface area contributed by atoms with Gasteiger partial charge in [-0.3, -0.25) is 0 Å². The Morgan fingerprint density at radius 3 is 2.29 bits per heavy atom. The van der Waals surface area contributed by atoms with Crippen LogP contribution in [-0.4, -0.2) is 74.6 Å². The number of ether oxygens (including phenoxy) is 3. The second kappa shape index (κ2) is 13.5. The van der Waals surface area contributed by atoms with Crippen LogP contribution in [0.5, 0.6) is 5.75 Å². The van der Waals surface area contributed by atoms with E-state index in [1.165, 1.54) is 17.2 Å². The molecule has 3 aromatic heterocycles. The summed E-state index contributed by atoms with van der Waals surface area (Å²) in [5.41, 5.74) is 3.29. The summed E-state index contributed by atoms with van der Waals surface area (Å²) in [6.07, 6.45) is 6.46. The largest absolute Gasteiger partial charge is 0.618 e. The summed E-state index contributed by atoms with van der Waals surface area (Å²) in [5, 5.41) is 21.1. The van der Waals surface area contributed by atoms with Crippen molar-refractivity contribution < 1.29 is 18.9 Å². The highest BCUT2D eigenvalue weighted by molar-refractivity contribution is 5.54. The molecular formula is C34H39N9O5. The summed E-state index contributed by atoms with van der Waals surface area (Å²) in [7, 11) is 0. The molecule has 0 saturated carbocycles. The van der Waals surface area contributed by atoms with Crippen LogP contribution in [0.15, 0.2) is 96.7 Å². The molecule has 5 aromatic rings. The van der Waals surface area contributed by atoms with Gasteiger partial charge in [-0.25, -0.2) is 23.7 Å². The quantitative estimate of drug-likeness (QED) is 0.155. The van der Waals surface area contributed by atoms with Crippen LogP contribution < -0.4 is 25.0 Å². The maximum Gasteiger partial charge on any atom is 0.350 e. The van der Waals surface area contributed by atoms with Crippen molar-refractivity contribution in [3.63, 3.8) is 0 Å². The third-order valence-corrected chi connectivity index (χ3v) is 9.02. The SMILES string of the molecule is CCC(C)n1ncn(-c2ccc(N3CCN(c4ccc(OC[C@@H]5CO[C@@](Cn6cncn6)(c6cccc[n+]6[O-])O5)cc4)CC3)cc2)c1=O. The Bertz CT molecular complexity index is 1850. The lowest BCUT2D eigenvalue weighted by atomic mass is 10.1. The first-order chi connectivity index (χ1) is 23.4. The first kappa shape index (κ1) is 31.4. The number of piperazine rings is 1. The van der Waals surface area contributed by atoms with Gasteiger partial charge in [0, 0.05) is 49.7 Å². The number of hydrogen-bond acceptors (Lipinski definition) is 10. The third kappa shape index (κ3) is 6.36. The van der Waals surface area contributed by atoms with Crippen LogP contribution in [0.4, 0.5) is 11.4 Å². The van der Waals surface area contributed by atoms with Gasteiger partial charge in [-0.15, -0.1) is 0 Å². The standard InChI is InChI=1S/C34H39N9O5/c1-3-26(2)43-33(44)41(25-37-43)29-9-7-27(8-10-29)38-16-18-39(19-17-38)28-11-13-30(14-12-28)46-20-31-21-47-34(48-31,22-40-24-35-23-36-40)32-6-4-5-15-42(32)45/h4-15,23-26,31H,3,16-22H2,1-2H3/t26?,31-,34-/m1/s1. The zero-order valence-corrected chi connectivity index (χ0v) is 27.0. The highest BCUT2D eigenvalue weighted by Gasteiger charge is 2.49. The topological polar surface area (TPSA) is 132 Å². The van der Waals surface area contributed by atoms with E-state index in [-0.39, 0.29) is 37.6 Å². The van der Waals surface area contributed by atoms with E-state index in [0.29, 0.717) is 5.69 Å². The molecule has 0 spiro atoms. The molecule has 14 heteroatoms. The first-order valence-electron chi connectivity index (χ1n) is 16.2. The molecule has 250 valence electrons. The molecule has 0 aliphatic carbocycles. The molecule has 2 aromatic carbocycles. The summed E-state index contributed by atoms with van der Waals surface area (Å²) in [4.78, 5) is 21.5. The molecule has 0 N–H and O–H groups in total. The van der Waals surface area contributed by atoms with Gasteiger partial charge in [0.1, 0.15) is 44.0 Å². The zero-order chi connectivity index (χ0) is 33.1. The van der Waals surface area contributed by atoms with E-state index in [1.807, 2.05) is 38.1 Å². The molecule has 0 amide bonds. The Balaban J connectivity index is 0.921. The Morgan fingerprint density at radius 2 is 1.65 bits per heavy atom. The van der Waals surface area contributed by atoms with Gasteiger partial charge < -0.3 is 29.2 Å². The minimum Gasteiger partial charge on any atom is -0.618 e. The molecule has 2 fully saturated rings. The van der Waals surface area contributed by atoms with E-state index >= 15 is 0 Å². The fourth-order valence-electron chi connectivity index (χ4n) is 6.15. The number of aromatic nitrogens is 7. The second-order valence-electron chi connectivity index (χ2n) is 12.1. The van der Waals surface area contributed by atoms with Crippen molar-refractivity contribution in [3.05, 3.63) is 113 Å². The van der Waals surface area contributed by atoms with E-state index in [9.17, 15) is 10.0 Å². The number of benzene rings is 2. The molecule has 14 nitrogen and oxygen atoms in total. The van der Waals surface area contributed by atoms with Crippen LogP contribution in [0.3, 0.4) is 0 Å². The first-order valence-corrected chi connectivity index (χ1v) is 16.2. The Labute approximate surface area is 277 Å². The average Bonchev–Trinajstić information content (AvgIpc) is 3.89. The fraction of sp³-hybridized carbons (Fsp3) is 0.382. The lowest BCUT2D eigenvalue weighted by Crippen LogP contribution is -2.46. The number of anilines is 2. The smallest absolute Gasteiger partial charge is 0.350 e. The van der Waals surface area contributed by atoms with Crippen LogP contribution in [0.1, 0.15) is 32.0 Å². The van der Waals surface area contributed by atoms with Crippen LogP contribution >= 0.6 is 0 Å². The van der Waals surface area contributed by atoms with Crippen molar-refractivity contribution >= 4 is 11.4 Å². The third-order valence-electron chi connectivity index (χ3n) is 9.02. The van der Waals surface area contributed by atoms with Gasteiger partial charge in [-0.1, -0.05) is 6.92 Å². The predicted octanol–water partition coefficient (Wildman–Crippen LogP) is 2.90. The lowest BCUT2D eigenvalue weighted by molar-refractivity contribution is -0.629. The van der Waals surface area contributed by atoms with Crippen LogP contribution in [0, 0.1) is 5.21 Å². The maximum absolute atomic E-state index is 12.8. The molecule has 2 saturated heterocycles. The fourth-order valence-corrected chi connectivity index (χ4v) is 6.15. The number of pyridine rings is 1. The molecule has 7 rings (SSSR count). The van der Waals surface area contributed by atoms with E-state index in [1.54, 1.807) is 40.1 Å². The molecule has 0 radical (unpaired) electrons. The van der Waals surface area contributed by atoms with E-state index in [2.05, 4.69) is 49.2 Å². The van der Waals surface area contributed by atoms with Crippen molar-refractivity contribution in [3.8, 4) is 11.4 Å². The zero-order valence-electron chi connectivity index (χ0n) is 27.0. The van der Waals surface area contributed by atoms with E-state index in [4.69, 9.17) is 14.2 Å². The second-order valence-corrected chi connectivity index (χ2v) is 12.1. The predicted molar refractivity (Wildman–Crippen MR) is 177 cm³/mol. The van der Waals surface area contributed by atoms with Crippen molar-refractivity contribution in [1.82, 2.24) is 29.1 Å². The Morgan fingerprint density at radius 1 is 0.958 bits per heavy atom. The van der Waals surface area contributed by atoms with Gasteiger partial charge in [0.05, 0.1) is 18.3 Å². The Kier molecular flexibility index (Phi) is 8.82. The number of rotatable bonds is 11. The van der Waals surface area contributed by atoms with Gasteiger partial charge in [-0.05, 0) is 67.9 Å². The highest BCUT2D eigenvalue weighted by atomic mass is 16.8. The van der Waals surface area contributed by atoms with Gasteiger partial charge in [0.15, 0.2) is 6.20 Å². The van der Waals surface area contributed by atoms with Crippen LogP contribution in [0.2, 0.25) is 0 Å². The molecule has 3 atom stereocenters. The van der Waals surface area contributed by atoms with Crippen molar-refractivity contribution in [2.24, 2.45) is 0 Å². The van der Waals surface area contributed by atoms with E-state index < -0.39 is 5.79 Å². The van der Waals surface area contributed by atoms with Crippen molar-refractivity contribution in [2.75, 3.05) is 49.2 Å². The molecule has 1 unspecified atom stereocenters. The van der Waals surface area contributed by atoms with Gasteiger partial charge in [-0.2, -0.15) is 14.9 Å². The molecular weight excluding hydrogens is 614 g/mol. The lowest BCUT2D eigenvalue weighted by Gasteiger charge is -2.37. The maximum atomic E-state index is 12.8. The van der Waals surface area contributed by atoms with Crippen LogP contribution in [-0.2, 0) is 21.8 Å². The molecule has 2 aliphatic rings. The monoisotopic (exact) mass is 653 g/mol. The normalized spacial score (nSPS) is 20.2. The van der Waals surface area contributed by atoms with Crippen LogP contribution in [0.25, 0.3) is 5.69 Å². The van der Waals surface area contributed by atoms with Gasteiger partial charge in [0.25, 0.3) is 11.5 Å². The Hall–Kier alpha value is -5.21. The summed E-state index contributed by atoms with van der Waals surface area (Å²) in [5.74, 6) is -0.586. The summed E-state index contributed by atoms with van der Waals surface area (Å²) in [6.45, 7) is 8.25. The average molecular weight is 654 g/mol. The van der Waals surface area contributed by atoms with E-state index in [0.717, 1.165) is 60.1 Å². The summed E-state index contributed by atoms with van der Waals surface area (Å²) in [6, 6.07) is 21.4. The number of hydrogen-bond donors (Lipinski definition) is 0. The molecule has 48 heavy (non-hydrogen) atoms. The summed E-state index contributed by atoms with van der Waals surface area (Å²) >= 11 is 0. The summed E-state index contributed by atoms with van der Waals surface area (Å²) < 4.78 is 24.0. The van der Waals surface area contributed by atoms with Crippen molar-refractivity contribution in [1.29, 1.82) is 0 Å². The number of nitrogens with zero attached hydrogens (tertiary/aromatic N) is 9. The minimum absolute atomic E-state index is 0.0624.